The average molecular weight is 187 g/mol. The predicted molar refractivity (Wildman–Crippen MR) is 48.7 cm³/mol. The van der Waals surface area contributed by atoms with Crippen molar-refractivity contribution in [3.8, 4) is 6.07 Å². The highest BCUT2D eigenvalue weighted by atomic mass is 32.1. The van der Waals surface area contributed by atoms with Crippen LogP contribution in [0.3, 0.4) is 0 Å². The predicted octanol–water partition coefficient (Wildman–Crippen LogP) is 1.68. The van der Waals surface area contributed by atoms with E-state index in [1.54, 1.807) is 16.8 Å². The van der Waals surface area contributed by atoms with Crippen molar-refractivity contribution in [2.75, 3.05) is 5.75 Å². The smallest absolute Gasteiger partial charge is 0.114 e. The Morgan fingerprint density at radius 1 is 1.82 bits per heavy atom. The molecule has 0 amide bonds. The van der Waals surface area contributed by atoms with Gasteiger partial charge in [-0.15, -0.1) is 21.5 Å². The summed E-state index contributed by atoms with van der Waals surface area (Å²) in [7, 11) is 0. The van der Waals surface area contributed by atoms with Crippen LogP contribution in [0.4, 0.5) is 0 Å². The van der Waals surface area contributed by atoms with Crippen molar-refractivity contribution in [2.24, 2.45) is 0 Å². The SMILES string of the molecule is Cc1nncs1.N#CCCS. The highest BCUT2D eigenvalue weighted by molar-refractivity contribution is 7.80. The quantitative estimate of drug-likeness (QED) is 0.680. The summed E-state index contributed by atoms with van der Waals surface area (Å²) < 4.78 is 0. The van der Waals surface area contributed by atoms with Gasteiger partial charge in [-0.05, 0) is 6.92 Å². The van der Waals surface area contributed by atoms with Gasteiger partial charge >= 0.3 is 0 Å². The van der Waals surface area contributed by atoms with Crippen LogP contribution in [-0.2, 0) is 0 Å². The molecule has 0 radical (unpaired) electrons. The number of rotatable bonds is 1. The molecular weight excluding hydrogens is 178 g/mol. The molecule has 3 nitrogen and oxygen atoms in total. The minimum atomic E-state index is 0.559. The third-order valence-corrected chi connectivity index (χ3v) is 1.54. The third kappa shape index (κ3) is 7.30. The molecule has 1 rings (SSSR count). The molecule has 0 N–H and O–H groups in total. The van der Waals surface area contributed by atoms with E-state index in [9.17, 15) is 0 Å². The molecule has 11 heavy (non-hydrogen) atoms. The van der Waals surface area contributed by atoms with Gasteiger partial charge in [0.25, 0.3) is 0 Å². The molecule has 1 aromatic heterocycles. The Labute approximate surface area is 75.5 Å². The maximum Gasteiger partial charge on any atom is 0.114 e. The monoisotopic (exact) mass is 187 g/mol. The first-order valence-electron chi connectivity index (χ1n) is 3.02. The lowest BCUT2D eigenvalue weighted by Gasteiger charge is -1.65. The zero-order valence-electron chi connectivity index (χ0n) is 6.19. The lowest BCUT2D eigenvalue weighted by atomic mass is 10.6. The topological polar surface area (TPSA) is 49.6 Å². The fourth-order valence-electron chi connectivity index (χ4n) is 0.278. The number of aromatic nitrogens is 2. The van der Waals surface area contributed by atoms with Crippen LogP contribution in [0, 0.1) is 18.3 Å². The minimum Gasteiger partial charge on any atom is -0.198 e. The molecule has 1 heterocycles. The van der Waals surface area contributed by atoms with E-state index in [1.165, 1.54) is 0 Å². The zero-order valence-corrected chi connectivity index (χ0v) is 7.90. The number of hydrogen-bond acceptors (Lipinski definition) is 5. The van der Waals surface area contributed by atoms with E-state index in [1.807, 2.05) is 13.0 Å². The summed E-state index contributed by atoms with van der Waals surface area (Å²) in [6.07, 6.45) is 0.559. The van der Waals surface area contributed by atoms with Gasteiger partial charge in [-0.2, -0.15) is 17.9 Å². The van der Waals surface area contributed by atoms with Crippen molar-refractivity contribution >= 4 is 24.0 Å². The highest BCUT2D eigenvalue weighted by Crippen LogP contribution is 1.94. The molecule has 0 aliphatic heterocycles. The molecule has 0 aromatic carbocycles. The molecule has 1 aromatic rings. The normalized spacial score (nSPS) is 7.73. The Balaban J connectivity index is 0.000000187. The Morgan fingerprint density at radius 2 is 2.55 bits per heavy atom. The van der Waals surface area contributed by atoms with Crippen molar-refractivity contribution < 1.29 is 0 Å². The molecule has 0 unspecified atom stereocenters. The molecule has 0 saturated carbocycles. The Bertz CT molecular complexity index is 202. The first-order valence-corrected chi connectivity index (χ1v) is 4.53. The van der Waals surface area contributed by atoms with Crippen LogP contribution in [0.15, 0.2) is 5.51 Å². The van der Waals surface area contributed by atoms with Gasteiger partial charge < -0.3 is 0 Å². The van der Waals surface area contributed by atoms with Crippen molar-refractivity contribution in [3.63, 3.8) is 0 Å². The molecule has 0 fully saturated rings. The summed E-state index contributed by atoms with van der Waals surface area (Å²) in [4.78, 5) is 0. The fourth-order valence-corrected chi connectivity index (χ4v) is 0.719. The van der Waals surface area contributed by atoms with E-state index in [2.05, 4.69) is 22.8 Å². The standard InChI is InChI=1S/C3H4N2S.C3H5NS/c1-3-5-4-2-6-3;4-2-1-3-5/h2H,1H3;5H,1,3H2. The molecule has 0 aliphatic carbocycles. The zero-order chi connectivity index (χ0) is 8.53. The van der Waals surface area contributed by atoms with Crippen LogP contribution in [0.2, 0.25) is 0 Å². The van der Waals surface area contributed by atoms with Crippen LogP contribution in [-0.4, -0.2) is 16.0 Å². The van der Waals surface area contributed by atoms with E-state index in [0.717, 1.165) is 5.01 Å². The summed E-state index contributed by atoms with van der Waals surface area (Å²) in [5.41, 5.74) is 1.72. The van der Waals surface area contributed by atoms with Crippen LogP contribution >= 0.6 is 24.0 Å². The summed E-state index contributed by atoms with van der Waals surface area (Å²) >= 11 is 5.33. The van der Waals surface area contributed by atoms with E-state index < -0.39 is 0 Å². The number of nitrogens with zero attached hydrogens (tertiary/aromatic N) is 3. The first kappa shape index (κ1) is 10.4. The van der Waals surface area contributed by atoms with Gasteiger partial charge in [-0.1, -0.05) is 0 Å². The maximum absolute atomic E-state index is 7.77. The summed E-state index contributed by atoms with van der Waals surface area (Å²) in [5.74, 6) is 0.677. The Morgan fingerprint density at radius 3 is 2.64 bits per heavy atom. The van der Waals surface area contributed by atoms with E-state index in [0.29, 0.717) is 12.2 Å². The molecule has 5 heteroatoms. The van der Waals surface area contributed by atoms with Gasteiger partial charge in [-0.3, -0.25) is 0 Å². The molecular formula is C6H9N3S2. The number of aryl methyl sites for hydroxylation is 1. The largest absolute Gasteiger partial charge is 0.198 e. The second-order valence-electron chi connectivity index (χ2n) is 1.59. The third-order valence-electron chi connectivity index (χ3n) is 0.693. The van der Waals surface area contributed by atoms with Crippen molar-refractivity contribution in [1.82, 2.24) is 10.2 Å². The van der Waals surface area contributed by atoms with Gasteiger partial charge in [0.15, 0.2) is 0 Å². The van der Waals surface area contributed by atoms with Crippen LogP contribution in [0.25, 0.3) is 0 Å². The number of thiol groups is 1. The van der Waals surface area contributed by atoms with Crippen LogP contribution < -0.4 is 0 Å². The maximum atomic E-state index is 7.77. The van der Waals surface area contributed by atoms with Gasteiger partial charge in [0.2, 0.25) is 0 Å². The van der Waals surface area contributed by atoms with Gasteiger partial charge in [0.1, 0.15) is 10.5 Å². The van der Waals surface area contributed by atoms with Gasteiger partial charge in [0, 0.05) is 12.2 Å². The van der Waals surface area contributed by atoms with E-state index in [4.69, 9.17) is 5.26 Å². The second-order valence-corrected chi connectivity index (χ2v) is 3.07. The molecule has 0 bridgehead atoms. The van der Waals surface area contributed by atoms with E-state index in [-0.39, 0.29) is 0 Å². The summed E-state index contributed by atoms with van der Waals surface area (Å²) in [6.45, 7) is 1.93. The Kier molecular flexibility index (Phi) is 7.10. The average Bonchev–Trinajstić information content (AvgIpc) is 2.43. The van der Waals surface area contributed by atoms with Crippen molar-refractivity contribution in [3.05, 3.63) is 10.5 Å². The number of nitriles is 1. The molecule has 0 spiro atoms. The van der Waals surface area contributed by atoms with Crippen molar-refractivity contribution in [1.29, 1.82) is 5.26 Å². The fraction of sp³-hybridized carbons (Fsp3) is 0.500. The van der Waals surface area contributed by atoms with Crippen LogP contribution in [0.1, 0.15) is 11.4 Å². The summed E-state index contributed by atoms with van der Waals surface area (Å²) in [5, 5.41) is 16.1. The van der Waals surface area contributed by atoms with E-state index >= 15 is 0 Å². The molecule has 0 atom stereocenters. The highest BCUT2D eigenvalue weighted by Gasteiger charge is 1.78. The lowest BCUT2D eigenvalue weighted by Crippen LogP contribution is -1.64. The van der Waals surface area contributed by atoms with Gasteiger partial charge in [-0.25, -0.2) is 0 Å². The Hall–Kier alpha value is -0.600. The number of hydrogen-bond donors (Lipinski definition) is 1. The molecule has 60 valence electrons. The lowest BCUT2D eigenvalue weighted by molar-refractivity contribution is 1.05. The molecule has 0 aliphatic rings. The molecule has 0 saturated heterocycles. The minimum absolute atomic E-state index is 0.559. The second kappa shape index (κ2) is 7.51. The van der Waals surface area contributed by atoms with Crippen LogP contribution in [0.5, 0.6) is 0 Å². The summed E-state index contributed by atoms with van der Waals surface area (Å²) in [6, 6.07) is 1.94. The first-order chi connectivity index (χ1) is 5.31. The van der Waals surface area contributed by atoms with Crippen molar-refractivity contribution in [2.45, 2.75) is 13.3 Å². The van der Waals surface area contributed by atoms with Gasteiger partial charge in [0.05, 0.1) is 6.07 Å².